The molecule has 0 saturated heterocycles. The zero-order valence-corrected chi connectivity index (χ0v) is 11.8. The summed E-state index contributed by atoms with van der Waals surface area (Å²) in [5.74, 6) is 0. The summed E-state index contributed by atoms with van der Waals surface area (Å²) >= 11 is 1.44. The molecule has 0 spiro atoms. The number of nitrogens with zero attached hydrogens (tertiary/aromatic N) is 1. The van der Waals surface area contributed by atoms with E-state index in [0.29, 0.717) is 0 Å². The maximum absolute atomic E-state index is 12.1. The molecule has 0 aliphatic carbocycles. The number of sulfonamides is 1. The number of thiophene rings is 1. The molecule has 0 radical (unpaired) electrons. The van der Waals surface area contributed by atoms with E-state index in [4.69, 9.17) is 5.73 Å². The number of anilines is 1. The van der Waals surface area contributed by atoms with Crippen molar-refractivity contribution >= 4 is 32.7 Å². The second-order valence-corrected chi connectivity index (χ2v) is 6.46. The fraction of sp³-hybridized carbons (Fsp3) is 0.0909. The summed E-state index contributed by atoms with van der Waals surface area (Å²) in [6.07, 6.45) is 0. The van der Waals surface area contributed by atoms with Crippen LogP contribution < -0.4 is 10.5 Å². The van der Waals surface area contributed by atoms with E-state index in [-0.39, 0.29) is 12.2 Å². The summed E-state index contributed by atoms with van der Waals surface area (Å²) in [5.41, 5.74) is 5.82. The highest BCUT2D eigenvalue weighted by atomic mass is 32.2. The highest BCUT2D eigenvalue weighted by molar-refractivity contribution is 7.89. The smallest absolute Gasteiger partial charge is 0.291 e. The Morgan fingerprint density at radius 2 is 2.10 bits per heavy atom. The van der Waals surface area contributed by atoms with Gasteiger partial charge in [0.1, 0.15) is 0 Å². The lowest BCUT2D eigenvalue weighted by atomic mass is 10.3. The number of hydrogen-bond acceptors (Lipinski definition) is 6. The maximum Gasteiger partial charge on any atom is 0.291 e. The van der Waals surface area contributed by atoms with Crippen molar-refractivity contribution in [3.05, 3.63) is 50.7 Å². The molecule has 3 N–H and O–H groups in total. The van der Waals surface area contributed by atoms with Crippen LogP contribution in [0, 0.1) is 10.1 Å². The highest BCUT2D eigenvalue weighted by Crippen LogP contribution is 2.26. The molecule has 0 saturated carbocycles. The summed E-state index contributed by atoms with van der Waals surface area (Å²) < 4.78 is 26.5. The molecule has 1 aromatic heterocycles. The Morgan fingerprint density at radius 3 is 2.70 bits per heavy atom. The fourth-order valence-corrected chi connectivity index (χ4v) is 3.39. The molecular formula is C11H11N3O4S2. The van der Waals surface area contributed by atoms with Gasteiger partial charge in [-0.05, 0) is 34.5 Å². The van der Waals surface area contributed by atoms with Crippen LogP contribution in [0.5, 0.6) is 0 Å². The monoisotopic (exact) mass is 313 g/mol. The Hall–Kier alpha value is -1.97. The number of nitrogen functional groups attached to an aromatic ring is 1. The van der Waals surface area contributed by atoms with Crippen LogP contribution in [0.1, 0.15) is 5.56 Å². The number of nitrogens with two attached hydrogens (primary N) is 1. The fourth-order valence-electron chi connectivity index (χ4n) is 1.55. The van der Waals surface area contributed by atoms with Crippen LogP contribution >= 0.6 is 11.3 Å². The van der Waals surface area contributed by atoms with E-state index in [9.17, 15) is 18.5 Å². The first-order valence-corrected chi connectivity index (χ1v) is 7.87. The van der Waals surface area contributed by atoms with E-state index >= 15 is 0 Å². The predicted molar refractivity (Wildman–Crippen MR) is 75.9 cm³/mol. The molecule has 2 rings (SSSR count). The van der Waals surface area contributed by atoms with Crippen molar-refractivity contribution in [2.75, 3.05) is 5.73 Å². The van der Waals surface area contributed by atoms with Crippen LogP contribution in [0.4, 0.5) is 11.4 Å². The van der Waals surface area contributed by atoms with E-state index in [1.807, 2.05) is 5.38 Å². The van der Waals surface area contributed by atoms with Crippen LogP contribution in [0.2, 0.25) is 0 Å². The number of benzene rings is 1. The normalized spacial score (nSPS) is 11.4. The van der Waals surface area contributed by atoms with Crippen molar-refractivity contribution in [1.29, 1.82) is 0 Å². The SMILES string of the molecule is Nc1ccc(S(=O)(=O)NCc2ccsc2)c([N+](=O)[O-])c1. The zero-order valence-electron chi connectivity index (χ0n) is 10.1. The number of rotatable bonds is 5. The second-order valence-electron chi connectivity index (χ2n) is 3.94. The highest BCUT2D eigenvalue weighted by Gasteiger charge is 2.25. The molecule has 106 valence electrons. The number of nitro benzene ring substituents is 1. The van der Waals surface area contributed by atoms with Gasteiger partial charge in [0.15, 0.2) is 4.90 Å². The van der Waals surface area contributed by atoms with Gasteiger partial charge in [0.2, 0.25) is 10.0 Å². The molecule has 0 aliphatic rings. The Kier molecular flexibility index (Phi) is 4.02. The minimum atomic E-state index is -3.97. The van der Waals surface area contributed by atoms with Gasteiger partial charge in [-0.2, -0.15) is 11.3 Å². The Balaban J connectivity index is 2.31. The van der Waals surface area contributed by atoms with Crippen molar-refractivity contribution in [2.24, 2.45) is 0 Å². The van der Waals surface area contributed by atoms with Crippen molar-refractivity contribution in [2.45, 2.75) is 11.4 Å². The standard InChI is InChI=1S/C11H11N3O4S2/c12-9-1-2-11(10(5-9)14(15)16)20(17,18)13-6-8-3-4-19-7-8/h1-5,7,13H,6,12H2. The lowest BCUT2D eigenvalue weighted by molar-refractivity contribution is -0.387. The predicted octanol–water partition coefficient (Wildman–Crippen LogP) is 1.72. The third-order valence-electron chi connectivity index (χ3n) is 2.52. The molecular weight excluding hydrogens is 302 g/mol. The van der Waals surface area contributed by atoms with Crippen molar-refractivity contribution in [1.82, 2.24) is 4.72 Å². The lowest BCUT2D eigenvalue weighted by Gasteiger charge is -2.07. The molecule has 0 fully saturated rings. The summed E-state index contributed by atoms with van der Waals surface area (Å²) in [5, 5.41) is 14.5. The van der Waals surface area contributed by atoms with E-state index in [1.54, 1.807) is 11.4 Å². The van der Waals surface area contributed by atoms with Gasteiger partial charge >= 0.3 is 0 Å². The third-order valence-corrected chi connectivity index (χ3v) is 4.70. The van der Waals surface area contributed by atoms with Crippen molar-refractivity contribution < 1.29 is 13.3 Å². The summed E-state index contributed by atoms with van der Waals surface area (Å²) in [6.45, 7) is 0.0768. The van der Waals surface area contributed by atoms with E-state index in [2.05, 4.69) is 4.72 Å². The molecule has 0 bridgehead atoms. The first-order chi connectivity index (χ1) is 9.40. The first-order valence-electron chi connectivity index (χ1n) is 5.45. The Bertz CT molecular complexity index is 726. The van der Waals surface area contributed by atoms with Crippen molar-refractivity contribution in [3.63, 3.8) is 0 Å². The molecule has 0 amide bonds. The average Bonchev–Trinajstić information content (AvgIpc) is 2.89. The van der Waals surface area contributed by atoms with Crippen molar-refractivity contribution in [3.8, 4) is 0 Å². The number of hydrogen-bond donors (Lipinski definition) is 2. The van der Waals surface area contributed by atoms with Gasteiger partial charge in [-0.1, -0.05) is 0 Å². The molecule has 9 heteroatoms. The van der Waals surface area contributed by atoms with Crippen LogP contribution in [0.25, 0.3) is 0 Å². The third kappa shape index (κ3) is 3.13. The summed E-state index contributed by atoms with van der Waals surface area (Å²) in [6, 6.07) is 5.24. The van der Waals surface area contributed by atoms with E-state index in [0.717, 1.165) is 17.7 Å². The van der Waals surface area contributed by atoms with Crippen LogP contribution in [-0.2, 0) is 16.6 Å². The Morgan fingerprint density at radius 1 is 1.35 bits per heavy atom. The molecule has 1 aromatic carbocycles. The van der Waals surface area contributed by atoms with Crippen LogP contribution in [0.15, 0.2) is 39.9 Å². The summed E-state index contributed by atoms with van der Waals surface area (Å²) in [7, 11) is -3.97. The lowest BCUT2D eigenvalue weighted by Crippen LogP contribution is -2.23. The van der Waals surface area contributed by atoms with Gasteiger partial charge in [0, 0.05) is 18.3 Å². The van der Waals surface area contributed by atoms with Crippen LogP contribution in [0.3, 0.4) is 0 Å². The molecule has 2 aromatic rings. The molecule has 0 atom stereocenters. The minimum absolute atomic E-state index is 0.0768. The van der Waals surface area contributed by atoms with Gasteiger partial charge in [-0.15, -0.1) is 0 Å². The van der Waals surface area contributed by atoms with Gasteiger partial charge in [-0.3, -0.25) is 10.1 Å². The molecule has 0 aliphatic heterocycles. The van der Waals surface area contributed by atoms with Crippen LogP contribution in [-0.4, -0.2) is 13.3 Å². The minimum Gasteiger partial charge on any atom is -0.399 e. The molecule has 20 heavy (non-hydrogen) atoms. The molecule has 1 heterocycles. The second kappa shape index (κ2) is 5.57. The first kappa shape index (κ1) is 14.4. The maximum atomic E-state index is 12.1. The van der Waals surface area contributed by atoms with Gasteiger partial charge in [0.25, 0.3) is 5.69 Å². The average molecular weight is 313 g/mol. The van der Waals surface area contributed by atoms with Gasteiger partial charge in [-0.25, -0.2) is 13.1 Å². The van der Waals surface area contributed by atoms with E-state index in [1.165, 1.54) is 17.4 Å². The molecule has 0 unspecified atom stereocenters. The topological polar surface area (TPSA) is 115 Å². The van der Waals surface area contributed by atoms with Gasteiger partial charge in [0.05, 0.1) is 4.92 Å². The zero-order chi connectivity index (χ0) is 14.8. The molecule has 7 nitrogen and oxygen atoms in total. The number of nitrogens with one attached hydrogen (secondary N) is 1. The quantitative estimate of drug-likeness (QED) is 0.495. The largest absolute Gasteiger partial charge is 0.399 e. The van der Waals surface area contributed by atoms with Gasteiger partial charge < -0.3 is 5.73 Å². The Labute approximate surface area is 119 Å². The summed E-state index contributed by atoms with van der Waals surface area (Å²) in [4.78, 5) is 9.75. The van der Waals surface area contributed by atoms with E-state index < -0.39 is 25.5 Å². The number of nitro groups is 1.